The second kappa shape index (κ2) is 11.6. The number of hydrogen-bond acceptors (Lipinski definition) is 6. The molecule has 0 saturated heterocycles. The number of rotatable bonds is 8. The van der Waals surface area contributed by atoms with Gasteiger partial charge in [-0.25, -0.2) is 9.80 Å². The van der Waals surface area contributed by atoms with Crippen molar-refractivity contribution in [1.82, 2.24) is 0 Å². The van der Waals surface area contributed by atoms with Gasteiger partial charge in [-0.15, -0.1) is 0 Å². The van der Waals surface area contributed by atoms with Crippen molar-refractivity contribution in [3.63, 3.8) is 0 Å². The van der Waals surface area contributed by atoms with Crippen LogP contribution in [-0.2, 0) is 16.0 Å². The zero-order valence-electron chi connectivity index (χ0n) is 25.7. The average Bonchev–Trinajstić information content (AvgIpc) is 3.83. The number of anilines is 2. The minimum Gasteiger partial charge on any atom is -0.465 e. The second-order valence-electron chi connectivity index (χ2n) is 12.1. The largest absolute Gasteiger partial charge is 0.465 e. The Morgan fingerprint density at radius 1 is 0.708 bits per heavy atom. The Morgan fingerprint density at radius 3 is 1.85 bits per heavy atom. The SMILES string of the molecule is O=C(Cc1cccc(N2C(=O)c3ccc4c5c(ccc(c35)C2=O)C(=O)N(c2ccc(C3=CCC=C3)cc2)C4=O)c1)OCCC1C=CC=C1. The molecule has 8 heteroatoms. The number of esters is 1. The van der Waals surface area contributed by atoms with Gasteiger partial charge in [-0.2, -0.15) is 0 Å². The smallest absolute Gasteiger partial charge is 0.310 e. The van der Waals surface area contributed by atoms with Crippen molar-refractivity contribution in [1.29, 1.82) is 0 Å². The summed E-state index contributed by atoms with van der Waals surface area (Å²) in [4.78, 5) is 70.4. The van der Waals surface area contributed by atoms with Gasteiger partial charge in [0.15, 0.2) is 0 Å². The molecular weight excluding hydrogens is 604 g/mol. The first kappa shape index (κ1) is 29.3. The Kier molecular flexibility index (Phi) is 7.06. The number of hydrogen-bond donors (Lipinski definition) is 0. The first-order valence-electron chi connectivity index (χ1n) is 15.8. The molecule has 0 N–H and O–H groups in total. The van der Waals surface area contributed by atoms with Crippen molar-refractivity contribution >= 4 is 57.3 Å². The highest BCUT2D eigenvalue weighted by molar-refractivity contribution is 6.42. The van der Waals surface area contributed by atoms with Crippen LogP contribution in [0.5, 0.6) is 0 Å². The summed E-state index contributed by atoms with van der Waals surface area (Å²) >= 11 is 0. The number of ether oxygens (including phenoxy) is 1. The molecule has 4 aliphatic rings. The lowest BCUT2D eigenvalue weighted by Gasteiger charge is -2.32. The van der Waals surface area contributed by atoms with Gasteiger partial charge in [-0.05, 0) is 84.0 Å². The summed E-state index contributed by atoms with van der Waals surface area (Å²) < 4.78 is 5.42. The van der Waals surface area contributed by atoms with Crippen LogP contribution in [0.4, 0.5) is 11.4 Å². The van der Waals surface area contributed by atoms with E-state index >= 15 is 0 Å². The van der Waals surface area contributed by atoms with Gasteiger partial charge in [0.2, 0.25) is 0 Å². The monoisotopic (exact) mass is 632 g/mol. The maximum atomic E-state index is 13.9. The van der Waals surface area contributed by atoms with Gasteiger partial charge in [-0.3, -0.25) is 24.0 Å². The molecule has 0 spiro atoms. The van der Waals surface area contributed by atoms with Crippen LogP contribution in [0.15, 0.2) is 115 Å². The third kappa shape index (κ3) is 4.81. The molecule has 0 unspecified atom stereocenters. The molecule has 8 nitrogen and oxygen atoms in total. The van der Waals surface area contributed by atoms with Gasteiger partial charge in [0.1, 0.15) is 0 Å². The predicted octanol–water partition coefficient (Wildman–Crippen LogP) is 7.00. The third-order valence-corrected chi connectivity index (χ3v) is 9.18. The number of amides is 4. The maximum absolute atomic E-state index is 13.9. The van der Waals surface area contributed by atoms with Crippen LogP contribution in [0.1, 0.15) is 65.4 Å². The summed E-state index contributed by atoms with van der Waals surface area (Å²) in [5, 5.41) is 0.593. The molecule has 2 aliphatic carbocycles. The number of imide groups is 2. The zero-order valence-corrected chi connectivity index (χ0v) is 25.7. The summed E-state index contributed by atoms with van der Waals surface area (Å²) in [7, 11) is 0. The molecule has 48 heavy (non-hydrogen) atoms. The average molecular weight is 633 g/mol. The highest BCUT2D eigenvalue weighted by Gasteiger charge is 2.40. The van der Waals surface area contributed by atoms with E-state index in [1.54, 1.807) is 48.5 Å². The molecule has 234 valence electrons. The van der Waals surface area contributed by atoms with Gasteiger partial charge in [0.05, 0.1) is 24.4 Å². The van der Waals surface area contributed by atoms with Crippen molar-refractivity contribution in [2.45, 2.75) is 19.3 Å². The molecule has 4 aromatic carbocycles. The minimum absolute atomic E-state index is 0.0162. The highest BCUT2D eigenvalue weighted by Crippen LogP contribution is 2.40. The van der Waals surface area contributed by atoms with Crippen LogP contribution >= 0.6 is 0 Å². The molecule has 0 radical (unpaired) electrons. The van der Waals surface area contributed by atoms with Crippen LogP contribution in [0, 0.1) is 5.92 Å². The number of carbonyl (C=O) groups excluding carboxylic acids is 5. The van der Waals surface area contributed by atoms with Crippen LogP contribution in [0.3, 0.4) is 0 Å². The normalized spacial score (nSPS) is 16.5. The van der Waals surface area contributed by atoms with Gasteiger partial charge in [0, 0.05) is 33.0 Å². The first-order valence-corrected chi connectivity index (χ1v) is 15.8. The van der Waals surface area contributed by atoms with E-state index in [1.807, 2.05) is 42.5 Å². The molecule has 0 bridgehead atoms. The van der Waals surface area contributed by atoms with E-state index in [0.717, 1.165) is 27.4 Å². The molecule has 0 aromatic heterocycles. The van der Waals surface area contributed by atoms with Gasteiger partial charge < -0.3 is 4.74 Å². The number of nitrogens with zero attached hydrogens (tertiary/aromatic N) is 2. The highest BCUT2D eigenvalue weighted by atomic mass is 16.5. The Bertz CT molecular complexity index is 2140. The Morgan fingerprint density at radius 2 is 1.29 bits per heavy atom. The molecule has 0 fully saturated rings. The van der Waals surface area contributed by atoms with E-state index in [0.29, 0.717) is 34.1 Å². The Labute approximate surface area is 275 Å². The summed E-state index contributed by atoms with van der Waals surface area (Å²) in [5.41, 5.74) is 4.30. The van der Waals surface area contributed by atoms with Crippen molar-refractivity contribution < 1.29 is 28.7 Å². The fraction of sp³-hybridized carbons (Fsp3) is 0.125. The standard InChI is InChI=1S/C40H28N2O6/c43-34(48-21-20-24-6-1-2-7-24)23-25-8-5-11-29(22-25)42-39(46)32-18-16-30-35-31(17-19-33(36(32)35)40(42)47)38(45)41(37(30)44)28-14-12-27(13-15-28)26-9-3-4-10-26/h1-3,5-19,22,24H,4,20-21,23H2. The van der Waals surface area contributed by atoms with Crippen molar-refractivity contribution in [2.75, 3.05) is 16.4 Å². The van der Waals surface area contributed by atoms with Gasteiger partial charge >= 0.3 is 5.97 Å². The van der Waals surface area contributed by atoms with E-state index < -0.39 is 29.6 Å². The number of benzene rings is 4. The fourth-order valence-corrected chi connectivity index (χ4v) is 6.82. The summed E-state index contributed by atoms with van der Waals surface area (Å²) in [6.07, 6.45) is 15.8. The lowest BCUT2D eigenvalue weighted by Crippen LogP contribution is -2.43. The van der Waals surface area contributed by atoms with Gasteiger partial charge in [0.25, 0.3) is 23.6 Å². The van der Waals surface area contributed by atoms with E-state index in [9.17, 15) is 24.0 Å². The van der Waals surface area contributed by atoms with E-state index in [4.69, 9.17) is 4.74 Å². The fourth-order valence-electron chi connectivity index (χ4n) is 6.82. The van der Waals surface area contributed by atoms with Crippen molar-refractivity contribution in [2.24, 2.45) is 5.92 Å². The lowest BCUT2D eigenvalue weighted by atomic mass is 9.85. The maximum Gasteiger partial charge on any atom is 0.310 e. The zero-order chi connectivity index (χ0) is 32.9. The van der Waals surface area contributed by atoms with Crippen LogP contribution in [-0.4, -0.2) is 36.2 Å². The molecule has 2 aliphatic heterocycles. The van der Waals surface area contributed by atoms with Crippen molar-refractivity contribution in [3.05, 3.63) is 149 Å². The van der Waals surface area contributed by atoms with Crippen molar-refractivity contribution in [3.8, 4) is 0 Å². The molecule has 2 heterocycles. The van der Waals surface area contributed by atoms with Crippen LogP contribution in [0.25, 0.3) is 16.3 Å². The number of carbonyl (C=O) groups is 5. The summed E-state index contributed by atoms with van der Waals surface area (Å²) in [6, 6.07) is 20.1. The second-order valence-corrected chi connectivity index (χ2v) is 12.1. The minimum atomic E-state index is -0.582. The molecule has 0 atom stereocenters. The predicted molar refractivity (Wildman–Crippen MR) is 182 cm³/mol. The lowest BCUT2D eigenvalue weighted by molar-refractivity contribution is -0.143. The third-order valence-electron chi connectivity index (χ3n) is 9.18. The van der Waals surface area contributed by atoms with Crippen LogP contribution < -0.4 is 9.80 Å². The number of allylic oxidation sites excluding steroid dienone is 8. The van der Waals surface area contributed by atoms with E-state index in [1.165, 1.54) is 12.1 Å². The van der Waals surface area contributed by atoms with Gasteiger partial charge in [-0.1, -0.05) is 66.8 Å². The summed E-state index contributed by atoms with van der Waals surface area (Å²) in [5.74, 6) is -2.36. The Hall–Kier alpha value is -6.15. The molecule has 0 saturated carbocycles. The molecular formula is C40H28N2O6. The first-order chi connectivity index (χ1) is 23.4. The molecule has 8 rings (SSSR count). The topological polar surface area (TPSA) is 101 Å². The van der Waals surface area contributed by atoms with E-state index in [-0.39, 0.29) is 41.2 Å². The Balaban J connectivity index is 1.07. The van der Waals surface area contributed by atoms with Crippen LogP contribution in [0.2, 0.25) is 0 Å². The molecule has 4 aromatic rings. The van der Waals surface area contributed by atoms with E-state index in [2.05, 4.69) is 12.2 Å². The molecule has 4 amide bonds. The summed E-state index contributed by atoms with van der Waals surface area (Å²) in [6.45, 7) is 0.289. The quantitative estimate of drug-likeness (QED) is 0.153.